The molecule has 0 aliphatic carbocycles. The number of hydrogen-bond acceptors (Lipinski definition) is 3. The van der Waals surface area contributed by atoms with Crippen molar-refractivity contribution >= 4 is 5.78 Å². The average Bonchev–Trinajstić information content (AvgIpc) is 2.45. The highest BCUT2D eigenvalue weighted by atomic mass is 16.5. The van der Waals surface area contributed by atoms with E-state index in [9.17, 15) is 4.79 Å². The fraction of sp³-hybridized carbons (Fsp3) is 0.588. The maximum Gasteiger partial charge on any atom is 0.167 e. The van der Waals surface area contributed by atoms with E-state index in [2.05, 4.69) is 11.0 Å². The summed E-state index contributed by atoms with van der Waals surface area (Å²) >= 11 is 0. The highest BCUT2D eigenvalue weighted by molar-refractivity contribution is 5.99. The number of piperidine rings is 1. The van der Waals surface area contributed by atoms with Crippen molar-refractivity contribution in [1.29, 1.82) is 0 Å². The van der Waals surface area contributed by atoms with Crippen LogP contribution in [0.4, 0.5) is 0 Å². The molecule has 0 N–H and O–H groups in total. The molecule has 3 heteroatoms. The zero-order chi connectivity index (χ0) is 14.5. The number of nitrogens with zero attached hydrogens (tertiary/aromatic N) is 1. The van der Waals surface area contributed by atoms with Gasteiger partial charge in [0.15, 0.2) is 5.78 Å². The van der Waals surface area contributed by atoms with Gasteiger partial charge in [-0.2, -0.15) is 0 Å². The summed E-state index contributed by atoms with van der Waals surface area (Å²) in [6, 6.07) is 4.00. The molecule has 0 spiro atoms. The molecular formula is C17H25NO2. The number of benzene rings is 1. The van der Waals surface area contributed by atoms with Crippen molar-refractivity contribution in [1.82, 2.24) is 4.90 Å². The molecule has 0 saturated carbocycles. The van der Waals surface area contributed by atoms with Crippen LogP contribution in [0.1, 0.15) is 47.2 Å². The normalized spacial score (nSPS) is 16.1. The number of rotatable bonds is 5. The van der Waals surface area contributed by atoms with Crippen molar-refractivity contribution in [3.63, 3.8) is 0 Å². The van der Waals surface area contributed by atoms with Gasteiger partial charge in [0, 0.05) is 13.0 Å². The van der Waals surface area contributed by atoms with Crippen molar-refractivity contribution in [2.24, 2.45) is 0 Å². The topological polar surface area (TPSA) is 29.5 Å². The first-order valence-corrected chi connectivity index (χ1v) is 7.52. The summed E-state index contributed by atoms with van der Waals surface area (Å²) in [5, 5.41) is 0. The molecule has 0 radical (unpaired) electrons. The molecule has 1 aliphatic rings. The van der Waals surface area contributed by atoms with Crippen molar-refractivity contribution in [2.75, 3.05) is 26.7 Å². The van der Waals surface area contributed by atoms with E-state index in [4.69, 9.17) is 4.74 Å². The van der Waals surface area contributed by atoms with Crippen LogP contribution in [-0.2, 0) is 0 Å². The second-order valence-corrected chi connectivity index (χ2v) is 5.74. The number of ether oxygens (including phenoxy) is 1. The van der Waals surface area contributed by atoms with Crippen LogP contribution in [0.25, 0.3) is 0 Å². The fourth-order valence-electron chi connectivity index (χ4n) is 3.01. The molecule has 0 atom stereocenters. The molecular weight excluding hydrogens is 250 g/mol. The molecule has 1 saturated heterocycles. The summed E-state index contributed by atoms with van der Waals surface area (Å²) in [6.45, 7) is 7.16. The van der Waals surface area contributed by atoms with Crippen LogP contribution in [0.5, 0.6) is 5.75 Å². The second-order valence-electron chi connectivity index (χ2n) is 5.74. The van der Waals surface area contributed by atoms with Gasteiger partial charge in [-0.1, -0.05) is 12.5 Å². The minimum absolute atomic E-state index is 0.194. The Bertz CT molecular complexity index is 476. The second kappa shape index (κ2) is 6.89. The lowest BCUT2D eigenvalue weighted by molar-refractivity contribution is 0.0955. The third kappa shape index (κ3) is 3.60. The highest BCUT2D eigenvalue weighted by Crippen LogP contribution is 2.26. The maximum atomic E-state index is 12.5. The van der Waals surface area contributed by atoms with E-state index in [0.29, 0.717) is 6.42 Å². The number of Topliss-reactive ketones (excluding diaryl/α,β-unsaturated/α-hetero) is 1. The van der Waals surface area contributed by atoms with Crippen LogP contribution < -0.4 is 4.74 Å². The van der Waals surface area contributed by atoms with Crippen molar-refractivity contribution in [3.8, 4) is 5.75 Å². The zero-order valence-electron chi connectivity index (χ0n) is 12.9. The largest absolute Gasteiger partial charge is 0.496 e. The number of likely N-dealkylation sites (tertiary alicyclic amines) is 1. The lowest BCUT2D eigenvalue weighted by Gasteiger charge is -2.26. The van der Waals surface area contributed by atoms with Crippen LogP contribution in [0.2, 0.25) is 0 Å². The molecule has 2 rings (SSSR count). The first kappa shape index (κ1) is 15.0. The third-order valence-electron chi connectivity index (χ3n) is 4.03. The summed E-state index contributed by atoms with van der Waals surface area (Å²) in [4.78, 5) is 14.9. The van der Waals surface area contributed by atoms with Gasteiger partial charge in [-0.05, 0) is 57.0 Å². The van der Waals surface area contributed by atoms with Crippen molar-refractivity contribution in [2.45, 2.75) is 39.5 Å². The van der Waals surface area contributed by atoms with Crippen molar-refractivity contribution in [3.05, 3.63) is 28.8 Å². The molecule has 0 amide bonds. The molecule has 0 bridgehead atoms. The van der Waals surface area contributed by atoms with Gasteiger partial charge in [0.1, 0.15) is 5.75 Å². The summed E-state index contributed by atoms with van der Waals surface area (Å²) in [7, 11) is 1.64. The molecule has 1 fully saturated rings. The number of aryl methyl sites for hydroxylation is 2. The predicted octanol–water partition coefficient (Wildman–Crippen LogP) is 3.37. The zero-order valence-corrected chi connectivity index (χ0v) is 12.9. The minimum Gasteiger partial charge on any atom is -0.496 e. The third-order valence-corrected chi connectivity index (χ3v) is 4.03. The summed E-state index contributed by atoms with van der Waals surface area (Å²) in [5.74, 6) is 0.929. The van der Waals surface area contributed by atoms with Gasteiger partial charge in [-0.3, -0.25) is 4.79 Å². The summed E-state index contributed by atoms with van der Waals surface area (Å²) in [5.41, 5.74) is 2.89. The highest BCUT2D eigenvalue weighted by Gasteiger charge is 2.17. The molecule has 0 aromatic heterocycles. The lowest BCUT2D eigenvalue weighted by Crippen LogP contribution is -2.31. The molecule has 1 aliphatic heterocycles. The Morgan fingerprint density at radius 1 is 1.20 bits per heavy atom. The van der Waals surface area contributed by atoms with E-state index in [1.807, 2.05) is 19.9 Å². The monoisotopic (exact) mass is 275 g/mol. The van der Waals surface area contributed by atoms with Crippen LogP contribution in [0, 0.1) is 13.8 Å². The Labute approximate surface area is 121 Å². The Hall–Kier alpha value is -1.35. The van der Waals surface area contributed by atoms with E-state index in [1.165, 1.54) is 19.3 Å². The Kier molecular flexibility index (Phi) is 5.18. The number of ketones is 1. The van der Waals surface area contributed by atoms with Gasteiger partial charge >= 0.3 is 0 Å². The van der Waals surface area contributed by atoms with Gasteiger partial charge in [0.05, 0.1) is 12.7 Å². The predicted molar refractivity (Wildman–Crippen MR) is 81.7 cm³/mol. The summed E-state index contributed by atoms with van der Waals surface area (Å²) < 4.78 is 5.41. The van der Waals surface area contributed by atoms with Gasteiger partial charge in [0.25, 0.3) is 0 Å². The van der Waals surface area contributed by atoms with E-state index >= 15 is 0 Å². The van der Waals surface area contributed by atoms with E-state index in [1.54, 1.807) is 7.11 Å². The van der Waals surface area contributed by atoms with Crippen LogP contribution in [0.15, 0.2) is 12.1 Å². The molecule has 1 aromatic carbocycles. The Morgan fingerprint density at radius 2 is 1.90 bits per heavy atom. The number of methoxy groups -OCH3 is 1. The van der Waals surface area contributed by atoms with Gasteiger partial charge in [-0.15, -0.1) is 0 Å². The fourth-order valence-corrected chi connectivity index (χ4v) is 3.01. The van der Waals surface area contributed by atoms with Gasteiger partial charge < -0.3 is 9.64 Å². The van der Waals surface area contributed by atoms with Gasteiger partial charge in [-0.25, -0.2) is 0 Å². The first-order valence-electron chi connectivity index (χ1n) is 7.52. The van der Waals surface area contributed by atoms with Crippen molar-refractivity contribution < 1.29 is 9.53 Å². The molecule has 3 nitrogen and oxygen atoms in total. The quantitative estimate of drug-likeness (QED) is 0.772. The molecule has 20 heavy (non-hydrogen) atoms. The standard InChI is InChI=1S/C17H25NO2/c1-13-11-14(2)17(20-3)15(12-13)16(19)7-10-18-8-5-4-6-9-18/h11-12H,4-10H2,1-3H3. The molecule has 1 aromatic rings. The number of carbonyl (C=O) groups is 1. The van der Waals surface area contributed by atoms with E-state index < -0.39 is 0 Å². The smallest absolute Gasteiger partial charge is 0.167 e. The van der Waals surface area contributed by atoms with Crippen LogP contribution in [-0.4, -0.2) is 37.4 Å². The lowest BCUT2D eigenvalue weighted by atomic mass is 10.00. The number of carbonyl (C=O) groups excluding carboxylic acids is 1. The minimum atomic E-state index is 0.194. The Balaban J connectivity index is 2.04. The van der Waals surface area contributed by atoms with E-state index in [-0.39, 0.29) is 5.78 Å². The molecule has 110 valence electrons. The van der Waals surface area contributed by atoms with E-state index in [0.717, 1.165) is 42.1 Å². The summed E-state index contributed by atoms with van der Waals surface area (Å²) in [6.07, 6.45) is 4.44. The molecule has 0 unspecified atom stereocenters. The SMILES string of the molecule is COc1c(C)cc(C)cc1C(=O)CCN1CCCCC1. The van der Waals surface area contributed by atoms with Crippen LogP contribution >= 0.6 is 0 Å². The average molecular weight is 275 g/mol. The molecule has 1 heterocycles. The van der Waals surface area contributed by atoms with Crippen LogP contribution in [0.3, 0.4) is 0 Å². The maximum absolute atomic E-state index is 12.5. The van der Waals surface area contributed by atoms with Gasteiger partial charge in [0.2, 0.25) is 0 Å². The Morgan fingerprint density at radius 3 is 2.55 bits per heavy atom. The first-order chi connectivity index (χ1) is 9.61. The number of hydrogen-bond donors (Lipinski definition) is 0.